The molecule has 1 heterocycles. The average molecular weight is 225 g/mol. The van der Waals surface area contributed by atoms with Crippen LogP contribution >= 0.6 is 0 Å². The van der Waals surface area contributed by atoms with Crippen LogP contribution in [0.3, 0.4) is 0 Å². The molecule has 2 nitrogen and oxygen atoms in total. The standard InChI is InChI=1S/C12H21O2Si/c1-5-11(13)15(3,4)12(6-2)9-7-8-10-14-12/h5H,1-2,6-10H2,3-4H3. The number of hydrogen-bond acceptors (Lipinski definition) is 2. The van der Waals surface area contributed by atoms with E-state index in [9.17, 15) is 4.79 Å². The van der Waals surface area contributed by atoms with Crippen molar-refractivity contribution in [2.45, 2.75) is 44.0 Å². The molecule has 1 aliphatic heterocycles. The minimum atomic E-state index is -2.10. The molecule has 1 radical (unpaired) electrons. The lowest BCUT2D eigenvalue weighted by atomic mass is 10.1. The van der Waals surface area contributed by atoms with Crippen LogP contribution in [0.1, 0.15) is 25.7 Å². The summed E-state index contributed by atoms with van der Waals surface area (Å²) in [5.74, 6) is 0. The fraction of sp³-hybridized carbons (Fsp3) is 0.667. The third kappa shape index (κ3) is 2.08. The molecular formula is C12H21O2Si. The average Bonchev–Trinajstić information content (AvgIpc) is 2.28. The number of allylic oxidation sites excluding steroid dienone is 1. The van der Waals surface area contributed by atoms with Gasteiger partial charge in [0, 0.05) is 6.61 Å². The number of ether oxygens (including phenoxy) is 1. The van der Waals surface area contributed by atoms with Gasteiger partial charge in [0.05, 0.1) is 5.22 Å². The van der Waals surface area contributed by atoms with Crippen LogP contribution in [-0.2, 0) is 9.53 Å². The third-order valence-corrected chi connectivity index (χ3v) is 8.06. The Morgan fingerprint density at radius 1 is 1.53 bits per heavy atom. The fourth-order valence-electron chi connectivity index (χ4n) is 2.33. The second-order valence-electron chi connectivity index (χ2n) is 4.74. The lowest BCUT2D eigenvalue weighted by Crippen LogP contribution is -2.62. The van der Waals surface area contributed by atoms with Gasteiger partial charge in [-0.25, -0.2) is 0 Å². The van der Waals surface area contributed by atoms with E-state index in [1.807, 2.05) is 0 Å². The Balaban J connectivity index is 2.97. The summed E-state index contributed by atoms with van der Waals surface area (Å²) in [6.45, 7) is 12.5. The third-order valence-electron chi connectivity index (χ3n) is 3.70. The molecule has 1 fully saturated rings. The molecule has 1 saturated heterocycles. The highest BCUT2D eigenvalue weighted by Crippen LogP contribution is 2.37. The van der Waals surface area contributed by atoms with Crippen LogP contribution < -0.4 is 0 Å². The largest absolute Gasteiger partial charge is 0.378 e. The molecule has 0 amide bonds. The summed E-state index contributed by atoms with van der Waals surface area (Å²) >= 11 is 0. The lowest BCUT2D eigenvalue weighted by Gasteiger charge is -2.45. The molecule has 0 bridgehead atoms. The van der Waals surface area contributed by atoms with Crippen molar-refractivity contribution < 1.29 is 9.53 Å². The smallest absolute Gasteiger partial charge is 0.167 e. The number of carbonyl (C=O) groups is 1. The molecule has 1 unspecified atom stereocenters. The van der Waals surface area contributed by atoms with Gasteiger partial charge in [0.25, 0.3) is 0 Å². The summed E-state index contributed by atoms with van der Waals surface area (Å²) in [5.41, 5.74) is 0. The van der Waals surface area contributed by atoms with E-state index in [1.165, 1.54) is 6.08 Å². The van der Waals surface area contributed by atoms with E-state index in [2.05, 4.69) is 26.6 Å². The van der Waals surface area contributed by atoms with E-state index in [1.54, 1.807) is 0 Å². The first-order valence-corrected chi connectivity index (χ1v) is 8.60. The molecule has 0 spiro atoms. The van der Waals surface area contributed by atoms with Crippen LogP contribution in [0.2, 0.25) is 13.1 Å². The predicted molar refractivity (Wildman–Crippen MR) is 65.2 cm³/mol. The molecule has 1 rings (SSSR count). The summed E-state index contributed by atoms with van der Waals surface area (Å²) in [7, 11) is -2.10. The SMILES string of the molecule is [CH2]CC1([Si](C)(C)C(=O)C=C)CCCCO1. The van der Waals surface area contributed by atoms with Crippen LogP contribution in [0.25, 0.3) is 0 Å². The lowest BCUT2D eigenvalue weighted by molar-refractivity contribution is -0.110. The van der Waals surface area contributed by atoms with Gasteiger partial charge in [0.2, 0.25) is 0 Å². The van der Waals surface area contributed by atoms with Crippen LogP contribution in [-0.4, -0.2) is 25.3 Å². The number of rotatable bonds is 4. The topological polar surface area (TPSA) is 26.3 Å². The minimum absolute atomic E-state index is 0.188. The van der Waals surface area contributed by atoms with E-state index >= 15 is 0 Å². The highest BCUT2D eigenvalue weighted by Gasteiger charge is 2.51. The summed E-state index contributed by atoms with van der Waals surface area (Å²) in [6, 6.07) is 0. The predicted octanol–water partition coefficient (Wildman–Crippen LogP) is 2.69. The second kappa shape index (κ2) is 4.62. The van der Waals surface area contributed by atoms with E-state index < -0.39 is 8.07 Å². The van der Waals surface area contributed by atoms with Crippen molar-refractivity contribution in [1.29, 1.82) is 0 Å². The normalized spacial score (nSPS) is 27.4. The molecule has 1 atom stereocenters. The first-order chi connectivity index (χ1) is 7.00. The van der Waals surface area contributed by atoms with Gasteiger partial charge in [-0.15, -0.1) is 0 Å². The molecule has 85 valence electrons. The summed E-state index contributed by atoms with van der Waals surface area (Å²) in [4.78, 5) is 11.9. The van der Waals surface area contributed by atoms with Gasteiger partial charge in [0.15, 0.2) is 8.07 Å². The van der Waals surface area contributed by atoms with Crippen LogP contribution in [0.5, 0.6) is 0 Å². The highest BCUT2D eigenvalue weighted by atomic mass is 28.3. The Morgan fingerprint density at radius 3 is 2.60 bits per heavy atom. The van der Waals surface area contributed by atoms with Gasteiger partial charge in [0.1, 0.15) is 5.41 Å². The van der Waals surface area contributed by atoms with E-state index in [-0.39, 0.29) is 10.6 Å². The summed E-state index contributed by atoms with van der Waals surface area (Å²) < 4.78 is 5.93. The molecule has 0 saturated carbocycles. The van der Waals surface area contributed by atoms with Crippen molar-refractivity contribution >= 4 is 13.5 Å². The second-order valence-corrected chi connectivity index (χ2v) is 9.40. The van der Waals surface area contributed by atoms with Crippen molar-refractivity contribution in [1.82, 2.24) is 0 Å². The fourth-order valence-corrected chi connectivity index (χ4v) is 5.18. The van der Waals surface area contributed by atoms with Crippen molar-refractivity contribution in [2.75, 3.05) is 6.61 Å². The number of carbonyl (C=O) groups excluding carboxylic acids is 1. The summed E-state index contributed by atoms with van der Waals surface area (Å²) in [6.07, 6.45) is 5.40. The molecule has 0 aromatic rings. The molecule has 0 aromatic carbocycles. The zero-order valence-electron chi connectivity index (χ0n) is 9.84. The Kier molecular flexibility index (Phi) is 3.90. The minimum Gasteiger partial charge on any atom is -0.378 e. The molecule has 15 heavy (non-hydrogen) atoms. The van der Waals surface area contributed by atoms with E-state index in [0.717, 1.165) is 25.9 Å². The van der Waals surface area contributed by atoms with Crippen molar-refractivity contribution in [3.05, 3.63) is 19.6 Å². The van der Waals surface area contributed by atoms with Crippen molar-refractivity contribution in [2.24, 2.45) is 0 Å². The van der Waals surface area contributed by atoms with Crippen molar-refractivity contribution in [3.8, 4) is 0 Å². The molecule has 0 aliphatic carbocycles. The Morgan fingerprint density at radius 2 is 2.20 bits per heavy atom. The van der Waals surface area contributed by atoms with Gasteiger partial charge in [-0.3, -0.25) is 0 Å². The van der Waals surface area contributed by atoms with E-state index in [4.69, 9.17) is 4.74 Å². The Bertz CT molecular complexity index is 252. The maximum absolute atomic E-state index is 11.9. The zero-order valence-corrected chi connectivity index (χ0v) is 10.8. The van der Waals surface area contributed by atoms with Gasteiger partial charge in [-0.1, -0.05) is 26.6 Å². The Hall–Kier alpha value is -0.413. The molecule has 1 aliphatic rings. The van der Waals surface area contributed by atoms with Crippen molar-refractivity contribution in [3.63, 3.8) is 0 Å². The maximum atomic E-state index is 11.9. The quantitative estimate of drug-likeness (QED) is 0.543. The molecule has 0 N–H and O–H groups in total. The maximum Gasteiger partial charge on any atom is 0.167 e. The summed E-state index contributed by atoms with van der Waals surface area (Å²) in [5, 5.41) is -0.0654. The monoisotopic (exact) mass is 225 g/mol. The van der Waals surface area contributed by atoms with Gasteiger partial charge >= 0.3 is 0 Å². The number of hydrogen-bond donors (Lipinski definition) is 0. The molecular weight excluding hydrogens is 204 g/mol. The molecule has 3 heteroatoms. The van der Waals surface area contributed by atoms with Gasteiger partial charge in [-0.2, -0.15) is 0 Å². The van der Waals surface area contributed by atoms with Gasteiger partial charge in [-0.05, 0) is 31.8 Å². The van der Waals surface area contributed by atoms with Crippen LogP contribution in [0, 0.1) is 6.92 Å². The van der Waals surface area contributed by atoms with Crippen LogP contribution in [0.4, 0.5) is 0 Å². The Labute approximate surface area is 93.7 Å². The first-order valence-electron chi connectivity index (χ1n) is 5.60. The zero-order chi connectivity index (χ0) is 11.5. The van der Waals surface area contributed by atoms with Crippen LogP contribution in [0.15, 0.2) is 12.7 Å². The van der Waals surface area contributed by atoms with E-state index in [0.29, 0.717) is 6.42 Å². The molecule has 0 aromatic heterocycles. The first kappa shape index (κ1) is 12.7. The van der Waals surface area contributed by atoms with Gasteiger partial charge < -0.3 is 9.53 Å². The highest BCUT2D eigenvalue weighted by molar-refractivity contribution is 7.07.